The molecule has 0 N–H and O–H groups in total. The second-order valence-corrected chi connectivity index (χ2v) is 4.08. The summed E-state index contributed by atoms with van der Waals surface area (Å²) in [7, 11) is 0. The van der Waals surface area contributed by atoms with Crippen LogP contribution in [0.3, 0.4) is 0 Å². The van der Waals surface area contributed by atoms with Crippen molar-refractivity contribution in [3.05, 3.63) is 23.8 Å². The van der Waals surface area contributed by atoms with Gasteiger partial charge in [-0.25, -0.2) is 4.98 Å². The molecule has 0 bridgehead atoms. The lowest BCUT2D eigenvalue weighted by Crippen LogP contribution is -2.01. The smallest absolute Gasteiger partial charge is 0.217 e. The molecule has 4 nitrogen and oxygen atoms in total. The van der Waals surface area contributed by atoms with E-state index in [1.807, 2.05) is 24.3 Å². The summed E-state index contributed by atoms with van der Waals surface area (Å²) < 4.78 is 7.67. The first-order valence-corrected chi connectivity index (χ1v) is 5.22. The van der Waals surface area contributed by atoms with E-state index in [0.29, 0.717) is 6.10 Å². The number of aryl methyl sites for hydroxylation is 2. The summed E-state index contributed by atoms with van der Waals surface area (Å²) in [5.74, 6) is 0.728. The Bertz CT molecular complexity index is 514. The molecule has 1 fully saturated rings. The number of rotatable bonds is 2. The zero-order chi connectivity index (χ0) is 10.4. The zero-order valence-electron chi connectivity index (χ0n) is 8.90. The molecule has 1 aliphatic rings. The van der Waals surface area contributed by atoms with Crippen LogP contribution in [-0.4, -0.2) is 20.5 Å². The minimum Gasteiger partial charge on any atom is -0.474 e. The van der Waals surface area contributed by atoms with E-state index in [1.165, 1.54) is 0 Å². The monoisotopic (exact) mass is 203 g/mol. The van der Waals surface area contributed by atoms with Crippen molar-refractivity contribution in [2.45, 2.75) is 32.8 Å². The van der Waals surface area contributed by atoms with Crippen LogP contribution in [0.4, 0.5) is 0 Å². The topological polar surface area (TPSA) is 39.4 Å². The van der Waals surface area contributed by atoms with Crippen LogP contribution in [0.5, 0.6) is 5.88 Å². The molecule has 0 spiro atoms. The van der Waals surface area contributed by atoms with Crippen LogP contribution in [-0.2, 0) is 0 Å². The van der Waals surface area contributed by atoms with Gasteiger partial charge in [0.1, 0.15) is 12.4 Å². The number of aromatic nitrogens is 3. The Morgan fingerprint density at radius 1 is 1.40 bits per heavy atom. The van der Waals surface area contributed by atoms with Crippen molar-refractivity contribution < 1.29 is 4.74 Å². The van der Waals surface area contributed by atoms with E-state index in [0.717, 1.165) is 35.8 Å². The average molecular weight is 203 g/mol. The third-order valence-corrected chi connectivity index (χ3v) is 2.66. The maximum atomic E-state index is 5.69. The average Bonchev–Trinajstić information content (AvgIpc) is 2.92. The third-order valence-electron chi connectivity index (χ3n) is 2.66. The van der Waals surface area contributed by atoms with Crippen molar-refractivity contribution in [1.29, 1.82) is 0 Å². The minimum atomic E-state index is 0.391. The van der Waals surface area contributed by atoms with Gasteiger partial charge in [-0.1, -0.05) is 0 Å². The maximum Gasteiger partial charge on any atom is 0.217 e. The molecule has 15 heavy (non-hydrogen) atoms. The highest BCUT2D eigenvalue weighted by Gasteiger charge is 2.24. The lowest BCUT2D eigenvalue weighted by atomic mass is 10.4. The van der Waals surface area contributed by atoms with Gasteiger partial charge < -0.3 is 4.74 Å². The predicted molar refractivity (Wildman–Crippen MR) is 56.1 cm³/mol. The molecule has 3 rings (SSSR count). The molecule has 0 aliphatic heterocycles. The quantitative estimate of drug-likeness (QED) is 0.748. The number of ether oxygens (including phenoxy) is 1. The van der Waals surface area contributed by atoms with Gasteiger partial charge >= 0.3 is 0 Å². The Hall–Kier alpha value is -1.58. The van der Waals surface area contributed by atoms with E-state index in [9.17, 15) is 0 Å². The van der Waals surface area contributed by atoms with E-state index in [2.05, 4.69) is 9.97 Å². The van der Waals surface area contributed by atoms with Gasteiger partial charge in [-0.05, 0) is 26.7 Å². The molecular formula is C11H13N3O. The van der Waals surface area contributed by atoms with E-state index in [-0.39, 0.29) is 0 Å². The van der Waals surface area contributed by atoms with Crippen LogP contribution >= 0.6 is 0 Å². The molecule has 2 aromatic rings. The summed E-state index contributed by atoms with van der Waals surface area (Å²) in [6.07, 6.45) is 4.50. The Kier molecular flexibility index (Phi) is 1.71. The Labute approximate surface area is 87.9 Å². The van der Waals surface area contributed by atoms with E-state index >= 15 is 0 Å². The fraction of sp³-hybridized carbons (Fsp3) is 0.455. The molecular weight excluding hydrogens is 190 g/mol. The number of fused-ring (bicyclic) bond motifs is 1. The molecule has 1 saturated carbocycles. The van der Waals surface area contributed by atoms with Crippen molar-refractivity contribution in [2.24, 2.45) is 0 Å². The molecule has 4 heteroatoms. The Morgan fingerprint density at radius 3 is 2.93 bits per heavy atom. The van der Waals surface area contributed by atoms with Crippen LogP contribution in [0.2, 0.25) is 0 Å². The van der Waals surface area contributed by atoms with Crippen molar-refractivity contribution in [1.82, 2.24) is 14.4 Å². The molecule has 2 heterocycles. The number of imidazole rings is 1. The predicted octanol–water partition coefficient (Wildman–Crippen LogP) is 1.89. The van der Waals surface area contributed by atoms with Gasteiger partial charge in [0.15, 0.2) is 5.65 Å². The summed E-state index contributed by atoms with van der Waals surface area (Å²) >= 11 is 0. The largest absolute Gasteiger partial charge is 0.474 e. The highest BCUT2D eigenvalue weighted by atomic mass is 16.5. The second kappa shape index (κ2) is 2.95. The first-order chi connectivity index (χ1) is 7.24. The van der Waals surface area contributed by atoms with Gasteiger partial charge in [0.05, 0.1) is 5.69 Å². The van der Waals surface area contributed by atoms with Crippen LogP contribution in [0, 0.1) is 13.8 Å². The van der Waals surface area contributed by atoms with Crippen LogP contribution < -0.4 is 4.74 Å². The molecule has 78 valence electrons. The minimum absolute atomic E-state index is 0.391. The summed E-state index contributed by atoms with van der Waals surface area (Å²) in [6.45, 7) is 4.00. The molecule has 0 unspecified atom stereocenters. The molecule has 0 atom stereocenters. The molecule has 0 amide bonds. The zero-order valence-corrected chi connectivity index (χ0v) is 8.90. The van der Waals surface area contributed by atoms with Crippen LogP contribution in [0.25, 0.3) is 5.65 Å². The van der Waals surface area contributed by atoms with Gasteiger partial charge in [0.25, 0.3) is 0 Å². The third kappa shape index (κ3) is 1.46. The standard InChI is InChI=1S/C11H13N3O/c1-7-5-10(15-9-3-4-9)13-11-8(2)12-6-14(7)11/h5-6,9H,3-4H2,1-2H3. The second-order valence-electron chi connectivity index (χ2n) is 4.08. The van der Waals surface area contributed by atoms with Gasteiger partial charge in [-0.15, -0.1) is 0 Å². The highest BCUT2D eigenvalue weighted by Crippen LogP contribution is 2.26. The van der Waals surface area contributed by atoms with Crippen molar-refractivity contribution in [3.8, 4) is 5.88 Å². The Balaban J connectivity index is 2.11. The van der Waals surface area contributed by atoms with Crippen LogP contribution in [0.15, 0.2) is 12.4 Å². The van der Waals surface area contributed by atoms with Crippen molar-refractivity contribution >= 4 is 5.65 Å². The fourth-order valence-electron chi connectivity index (χ4n) is 1.63. The first kappa shape index (κ1) is 8.71. The number of nitrogens with zero attached hydrogens (tertiary/aromatic N) is 3. The molecule has 2 aromatic heterocycles. The SMILES string of the molecule is Cc1ncn2c(C)cc(OC3CC3)nc12. The molecule has 0 aromatic carbocycles. The summed E-state index contributed by atoms with van der Waals surface area (Å²) in [5.41, 5.74) is 2.95. The molecule has 1 aliphatic carbocycles. The van der Waals surface area contributed by atoms with E-state index < -0.39 is 0 Å². The Morgan fingerprint density at radius 2 is 2.20 bits per heavy atom. The summed E-state index contributed by atoms with van der Waals surface area (Å²) in [4.78, 5) is 8.69. The van der Waals surface area contributed by atoms with Gasteiger partial charge in [-0.2, -0.15) is 4.98 Å². The molecule has 0 saturated heterocycles. The summed E-state index contributed by atoms with van der Waals surface area (Å²) in [5, 5.41) is 0. The first-order valence-electron chi connectivity index (χ1n) is 5.22. The van der Waals surface area contributed by atoms with Crippen molar-refractivity contribution in [2.75, 3.05) is 0 Å². The number of hydrogen-bond donors (Lipinski definition) is 0. The normalized spacial score (nSPS) is 15.9. The van der Waals surface area contributed by atoms with E-state index in [4.69, 9.17) is 4.74 Å². The lowest BCUT2D eigenvalue weighted by Gasteiger charge is -2.06. The maximum absolute atomic E-state index is 5.69. The van der Waals surface area contributed by atoms with E-state index in [1.54, 1.807) is 6.33 Å². The number of hydrogen-bond acceptors (Lipinski definition) is 3. The highest BCUT2D eigenvalue weighted by molar-refractivity contribution is 5.46. The lowest BCUT2D eigenvalue weighted by molar-refractivity contribution is 0.291. The van der Waals surface area contributed by atoms with Gasteiger partial charge in [0.2, 0.25) is 5.88 Å². The fourth-order valence-corrected chi connectivity index (χ4v) is 1.63. The van der Waals surface area contributed by atoms with Gasteiger partial charge in [-0.3, -0.25) is 4.40 Å². The van der Waals surface area contributed by atoms with Crippen molar-refractivity contribution in [3.63, 3.8) is 0 Å². The van der Waals surface area contributed by atoms with Crippen LogP contribution in [0.1, 0.15) is 24.2 Å². The molecule has 0 radical (unpaired) electrons. The van der Waals surface area contributed by atoms with Gasteiger partial charge in [0, 0.05) is 11.8 Å². The summed E-state index contributed by atoms with van der Waals surface area (Å²) in [6, 6.07) is 1.96.